The zero-order valence-corrected chi connectivity index (χ0v) is 8.77. The molecule has 0 bridgehead atoms. The van der Waals surface area contributed by atoms with Gasteiger partial charge in [-0.3, -0.25) is 0 Å². The van der Waals surface area contributed by atoms with Crippen LogP contribution in [0.15, 0.2) is 30.3 Å². The molecule has 0 aliphatic heterocycles. The quantitative estimate of drug-likeness (QED) is 0.659. The molecule has 1 radical (unpaired) electrons. The van der Waals surface area contributed by atoms with Gasteiger partial charge in [-0.25, -0.2) is 5.11 Å². The van der Waals surface area contributed by atoms with Crippen molar-refractivity contribution in [3.8, 4) is 0 Å². The van der Waals surface area contributed by atoms with Crippen molar-refractivity contribution in [1.29, 1.82) is 0 Å². The molecule has 2 unspecified atom stereocenters. The lowest BCUT2D eigenvalue weighted by Crippen LogP contribution is -2.13. The van der Waals surface area contributed by atoms with E-state index in [-0.39, 0.29) is 6.10 Å². The van der Waals surface area contributed by atoms with Crippen molar-refractivity contribution < 1.29 is 9.84 Å². The molecule has 0 heterocycles. The summed E-state index contributed by atoms with van der Waals surface area (Å²) in [6.07, 6.45) is 0.394. The van der Waals surface area contributed by atoms with Crippen molar-refractivity contribution >= 4 is 0 Å². The van der Waals surface area contributed by atoms with E-state index in [0.717, 1.165) is 12.0 Å². The number of rotatable bonds is 5. The highest BCUT2D eigenvalue weighted by molar-refractivity contribution is 5.17. The second kappa shape index (κ2) is 5.78. The SMILES string of the molecule is CCC([O])OC(CC)c1ccccc1. The van der Waals surface area contributed by atoms with Crippen LogP contribution in [-0.4, -0.2) is 6.29 Å². The van der Waals surface area contributed by atoms with E-state index in [1.54, 1.807) is 0 Å². The molecular formula is C12H17O2. The third-order valence-electron chi connectivity index (χ3n) is 2.19. The molecule has 77 valence electrons. The fourth-order valence-electron chi connectivity index (χ4n) is 1.36. The highest BCUT2D eigenvalue weighted by Crippen LogP contribution is 2.22. The molecule has 0 saturated heterocycles. The average Bonchev–Trinajstić information content (AvgIpc) is 2.26. The Bertz CT molecular complexity index is 246. The maximum atomic E-state index is 11.2. The van der Waals surface area contributed by atoms with Crippen molar-refractivity contribution in [3.05, 3.63) is 35.9 Å². The van der Waals surface area contributed by atoms with E-state index in [1.165, 1.54) is 0 Å². The Labute approximate surface area is 85.5 Å². The van der Waals surface area contributed by atoms with Crippen LogP contribution in [0, 0.1) is 0 Å². The largest absolute Gasteiger partial charge is 0.342 e. The maximum Gasteiger partial charge on any atom is 0.191 e. The lowest BCUT2D eigenvalue weighted by molar-refractivity contribution is -0.173. The van der Waals surface area contributed by atoms with Gasteiger partial charge in [0.2, 0.25) is 0 Å². The van der Waals surface area contributed by atoms with Gasteiger partial charge < -0.3 is 4.74 Å². The molecular weight excluding hydrogens is 176 g/mol. The van der Waals surface area contributed by atoms with Crippen LogP contribution in [0.2, 0.25) is 0 Å². The van der Waals surface area contributed by atoms with Crippen LogP contribution in [0.3, 0.4) is 0 Å². The van der Waals surface area contributed by atoms with E-state index in [1.807, 2.05) is 44.2 Å². The Hall–Kier alpha value is -0.860. The molecule has 14 heavy (non-hydrogen) atoms. The molecule has 1 aromatic carbocycles. The molecule has 0 N–H and O–H groups in total. The minimum atomic E-state index is -0.903. The number of ether oxygens (including phenoxy) is 1. The van der Waals surface area contributed by atoms with Crippen molar-refractivity contribution in [2.45, 2.75) is 39.1 Å². The Kier molecular flexibility index (Phi) is 4.63. The third-order valence-corrected chi connectivity index (χ3v) is 2.19. The van der Waals surface area contributed by atoms with Crippen molar-refractivity contribution in [2.24, 2.45) is 0 Å². The van der Waals surface area contributed by atoms with Gasteiger partial charge in [0, 0.05) is 0 Å². The second-order valence-electron chi connectivity index (χ2n) is 3.28. The van der Waals surface area contributed by atoms with Gasteiger partial charge in [0.1, 0.15) is 0 Å². The van der Waals surface area contributed by atoms with Gasteiger partial charge in [-0.15, -0.1) is 0 Å². The van der Waals surface area contributed by atoms with Crippen LogP contribution in [-0.2, 0) is 9.84 Å². The minimum absolute atomic E-state index is 0.0568. The molecule has 0 spiro atoms. The van der Waals surface area contributed by atoms with E-state index >= 15 is 0 Å². The van der Waals surface area contributed by atoms with Crippen molar-refractivity contribution in [2.75, 3.05) is 0 Å². The fraction of sp³-hybridized carbons (Fsp3) is 0.500. The van der Waals surface area contributed by atoms with Gasteiger partial charge in [0.15, 0.2) is 6.29 Å². The summed E-state index contributed by atoms with van der Waals surface area (Å²) in [4.78, 5) is 0. The molecule has 0 saturated carbocycles. The standard InChI is InChI=1S/C12H17O2/c1-3-11(14-12(13)4-2)10-8-6-5-7-9-10/h5-9,11-12H,3-4H2,1-2H3. The molecule has 1 aromatic rings. The Morgan fingerprint density at radius 1 is 1.14 bits per heavy atom. The first kappa shape index (κ1) is 11.2. The van der Waals surface area contributed by atoms with Crippen LogP contribution < -0.4 is 0 Å². The van der Waals surface area contributed by atoms with Gasteiger partial charge in [0.05, 0.1) is 6.10 Å². The summed E-state index contributed by atoms with van der Waals surface area (Å²) in [6, 6.07) is 9.89. The van der Waals surface area contributed by atoms with Crippen molar-refractivity contribution in [1.82, 2.24) is 0 Å². The van der Waals surface area contributed by atoms with Gasteiger partial charge in [0.25, 0.3) is 0 Å². The monoisotopic (exact) mass is 193 g/mol. The second-order valence-corrected chi connectivity index (χ2v) is 3.28. The summed E-state index contributed by atoms with van der Waals surface area (Å²) in [5.74, 6) is 0. The van der Waals surface area contributed by atoms with Gasteiger partial charge >= 0.3 is 0 Å². The molecule has 2 heteroatoms. The summed E-state index contributed by atoms with van der Waals surface area (Å²) >= 11 is 0. The lowest BCUT2D eigenvalue weighted by Gasteiger charge is -2.18. The molecule has 1 rings (SSSR count). The summed E-state index contributed by atoms with van der Waals surface area (Å²) in [5.41, 5.74) is 1.09. The van der Waals surface area contributed by atoms with Gasteiger partial charge in [-0.2, -0.15) is 0 Å². The number of hydrogen-bond acceptors (Lipinski definition) is 1. The van der Waals surface area contributed by atoms with E-state index in [4.69, 9.17) is 4.74 Å². The highest BCUT2D eigenvalue weighted by Gasteiger charge is 2.13. The van der Waals surface area contributed by atoms with Crippen LogP contribution in [0.25, 0.3) is 0 Å². The zero-order valence-electron chi connectivity index (χ0n) is 8.77. The normalized spacial score (nSPS) is 15.1. The molecule has 0 amide bonds. The molecule has 0 aliphatic rings. The smallest absolute Gasteiger partial charge is 0.191 e. The van der Waals surface area contributed by atoms with Gasteiger partial charge in [-0.1, -0.05) is 44.2 Å². The first-order valence-corrected chi connectivity index (χ1v) is 5.14. The van der Waals surface area contributed by atoms with E-state index in [0.29, 0.717) is 6.42 Å². The Morgan fingerprint density at radius 3 is 2.29 bits per heavy atom. The van der Waals surface area contributed by atoms with E-state index in [2.05, 4.69) is 0 Å². The minimum Gasteiger partial charge on any atom is -0.342 e. The van der Waals surface area contributed by atoms with Crippen LogP contribution in [0.5, 0.6) is 0 Å². The summed E-state index contributed by atoms with van der Waals surface area (Å²) in [6.45, 7) is 3.87. The lowest BCUT2D eigenvalue weighted by atomic mass is 10.1. The molecule has 2 atom stereocenters. The zero-order chi connectivity index (χ0) is 10.4. The van der Waals surface area contributed by atoms with Crippen LogP contribution in [0.1, 0.15) is 38.4 Å². The van der Waals surface area contributed by atoms with E-state index < -0.39 is 6.29 Å². The molecule has 2 nitrogen and oxygen atoms in total. The number of hydrogen-bond donors (Lipinski definition) is 0. The summed E-state index contributed by atoms with van der Waals surface area (Å²) in [7, 11) is 0. The van der Waals surface area contributed by atoms with Crippen molar-refractivity contribution in [3.63, 3.8) is 0 Å². The predicted molar refractivity (Wildman–Crippen MR) is 55.3 cm³/mol. The first-order valence-electron chi connectivity index (χ1n) is 5.14. The summed E-state index contributed by atoms with van der Waals surface area (Å²) in [5, 5.41) is 11.2. The third kappa shape index (κ3) is 3.13. The highest BCUT2D eigenvalue weighted by atomic mass is 16.6. The molecule has 0 fully saturated rings. The fourth-order valence-corrected chi connectivity index (χ4v) is 1.36. The average molecular weight is 193 g/mol. The predicted octanol–water partition coefficient (Wildman–Crippen LogP) is 3.32. The summed E-state index contributed by atoms with van der Waals surface area (Å²) < 4.78 is 5.38. The number of benzene rings is 1. The van der Waals surface area contributed by atoms with Gasteiger partial charge in [-0.05, 0) is 18.4 Å². The first-order chi connectivity index (χ1) is 6.77. The Balaban J connectivity index is 2.63. The maximum absolute atomic E-state index is 11.2. The van der Waals surface area contributed by atoms with Crippen LogP contribution >= 0.6 is 0 Å². The Morgan fingerprint density at radius 2 is 1.79 bits per heavy atom. The molecule has 0 aliphatic carbocycles. The van der Waals surface area contributed by atoms with Crippen LogP contribution in [0.4, 0.5) is 0 Å². The van der Waals surface area contributed by atoms with E-state index in [9.17, 15) is 5.11 Å². The topological polar surface area (TPSA) is 29.1 Å². The molecule has 0 aromatic heterocycles.